The van der Waals surface area contributed by atoms with E-state index in [2.05, 4.69) is 16.7 Å². The first-order valence-corrected chi connectivity index (χ1v) is 9.38. The van der Waals surface area contributed by atoms with Gasteiger partial charge in [0.1, 0.15) is 0 Å². The summed E-state index contributed by atoms with van der Waals surface area (Å²) >= 11 is 6.18. The Bertz CT molecular complexity index is 520. The highest BCUT2D eigenvalue weighted by atomic mass is 35.5. The smallest absolute Gasteiger partial charge is 0.224 e. The van der Waals surface area contributed by atoms with Gasteiger partial charge in [0.15, 0.2) is 0 Å². The maximum Gasteiger partial charge on any atom is 0.224 e. The predicted octanol–water partition coefficient (Wildman–Crippen LogP) is 4.08. The van der Waals surface area contributed by atoms with Gasteiger partial charge in [-0.1, -0.05) is 43.0 Å². The van der Waals surface area contributed by atoms with Gasteiger partial charge in [-0.2, -0.15) is 0 Å². The van der Waals surface area contributed by atoms with Gasteiger partial charge in [-0.25, -0.2) is 0 Å². The molecule has 1 aromatic rings. The molecule has 4 heteroatoms. The second kappa shape index (κ2) is 8.16. The maximum atomic E-state index is 12.8. The van der Waals surface area contributed by atoms with E-state index < -0.39 is 0 Å². The molecule has 1 saturated carbocycles. The predicted molar refractivity (Wildman–Crippen MR) is 94.5 cm³/mol. The van der Waals surface area contributed by atoms with Crippen molar-refractivity contribution >= 4 is 17.5 Å². The number of rotatable bonds is 4. The summed E-state index contributed by atoms with van der Waals surface area (Å²) in [6, 6.07) is 8.09. The number of carbonyl (C=O) groups excluding carboxylic acids is 1. The normalized spacial score (nSPS) is 24.1. The summed E-state index contributed by atoms with van der Waals surface area (Å²) in [5.41, 5.74) is 1.15. The number of carbonyl (C=O) groups is 1. The molecule has 1 amide bonds. The van der Waals surface area contributed by atoms with Crippen LogP contribution in [-0.4, -0.2) is 19.0 Å². The van der Waals surface area contributed by atoms with E-state index >= 15 is 0 Å². The standard InChI is InChI=1S/C19H27ClN2O/c20-17-10-5-9-15(12-17)18(14-6-1-2-7-14)22-19(23)16-8-3-4-11-21-13-16/h5,9-10,12,14,16,18,21H,1-4,6-8,11,13H2,(H,22,23)/t16?,18-/m0/s1. The molecule has 1 aromatic carbocycles. The monoisotopic (exact) mass is 334 g/mol. The molecule has 2 aliphatic rings. The van der Waals surface area contributed by atoms with E-state index in [1.165, 1.54) is 32.1 Å². The first kappa shape index (κ1) is 16.8. The fourth-order valence-electron chi connectivity index (χ4n) is 3.98. The minimum atomic E-state index is 0.0978. The number of hydrogen-bond acceptors (Lipinski definition) is 2. The molecule has 126 valence electrons. The molecule has 2 N–H and O–H groups in total. The van der Waals surface area contributed by atoms with Gasteiger partial charge in [0.25, 0.3) is 0 Å². The van der Waals surface area contributed by atoms with E-state index in [4.69, 9.17) is 11.6 Å². The molecule has 0 bridgehead atoms. The SMILES string of the molecule is O=C(N[C@H](c1cccc(Cl)c1)C1CCCC1)C1CCCCNC1. The molecule has 1 heterocycles. The molecule has 2 fully saturated rings. The molecule has 3 nitrogen and oxygen atoms in total. The Morgan fingerprint density at radius 2 is 1.96 bits per heavy atom. The van der Waals surface area contributed by atoms with Crippen LogP contribution >= 0.6 is 11.6 Å². The fourth-order valence-corrected chi connectivity index (χ4v) is 4.18. The van der Waals surface area contributed by atoms with Crippen LogP contribution in [0, 0.1) is 11.8 Å². The van der Waals surface area contributed by atoms with Gasteiger partial charge in [0, 0.05) is 11.6 Å². The first-order chi connectivity index (χ1) is 11.2. The van der Waals surface area contributed by atoms with Crippen molar-refractivity contribution in [2.75, 3.05) is 13.1 Å². The number of hydrogen-bond donors (Lipinski definition) is 2. The summed E-state index contributed by atoms with van der Waals surface area (Å²) in [6.45, 7) is 1.84. The molecule has 0 aromatic heterocycles. The van der Waals surface area contributed by atoms with E-state index in [1.807, 2.05) is 18.2 Å². The van der Waals surface area contributed by atoms with Gasteiger partial charge in [0.05, 0.1) is 12.0 Å². The second-order valence-electron chi connectivity index (χ2n) is 6.98. The Labute approximate surface area is 144 Å². The zero-order valence-corrected chi connectivity index (χ0v) is 14.4. The van der Waals surface area contributed by atoms with Crippen LogP contribution in [0.15, 0.2) is 24.3 Å². The van der Waals surface area contributed by atoms with Gasteiger partial charge in [-0.05, 0) is 55.8 Å². The zero-order valence-electron chi connectivity index (χ0n) is 13.7. The summed E-state index contributed by atoms with van der Waals surface area (Å²) in [5, 5.41) is 7.50. The highest BCUT2D eigenvalue weighted by Gasteiger charge is 2.30. The van der Waals surface area contributed by atoms with E-state index in [-0.39, 0.29) is 17.9 Å². The lowest BCUT2D eigenvalue weighted by Crippen LogP contribution is -2.40. The molecule has 0 radical (unpaired) electrons. The van der Waals surface area contributed by atoms with Crippen molar-refractivity contribution in [2.45, 2.75) is 51.0 Å². The van der Waals surface area contributed by atoms with Crippen LogP contribution in [0.1, 0.15) is 56.6 Å². The van der Waals surface area contributed by atoms with Crippen LogP contribution in [0.3, 0.4) is 0 Å². The van der Waals surface area contributed by atoms with E-state index in [9.17, 15) is 4.79 Å². The lowest BCUT2D eigenvalue weighted by atomic mass is 9.90. The molecule has 1 unspecified atom stereocenters. The minimum Gasteiger partial charge on any atom is -0.349 e. The summed E-state index contributed by atoms with van der Waals surface area (Å²) in [7, 11) is 0. The molecule has 1 saturated heterocycles. The van der Waals surface area contributed by atoms with Gasteiger partial charge >= 0.3 is 0 Å². The third-order valence-corrected chi connectivity index (χ3v) is 5.53. The largest absolute Gasteiger partial charge is 0.349 e. The van der Waals surface area contributed by atoms with Crippen LogP contribution in [-0.2, 0) is 4.79 Å². The molecule has 0 spiro atoms. The lowest BCUT2D eigenvalue weighted by molar-refractivity contribution is -0.126. The van der Waals surface area contributed by atoms with Crippen molar-refractivity contribution in [3.63, 3.8) is 0 Å². The summed E-state index contributed by atoms with van der Waals surface area (Å²) in [6.07, 6.45) is 8.22. The molecule has 1 aliphatic carbocycles. The Kier molecular flexibility index (Phi) is 5.96. The van der Waals surface area contributed by atoms with Gasteiger partial charge in [0.2, 0.25) is 5.91 Å². The highest BCUT2D eigenvalue weighted by molar-refractivity contribution is 6.30. The summed E-state index contributed by atoms with van der Waals surface area (Å²) in [5.74, 6) is 0.841. The number of benzene rings is 1. The highest BCUT2D eigenvalue weighted by Crippen LogP contribution is 2.36. The molecular formula is C19H27ClN2O. The maximum absolute atomic E-state index is 12.8. The van der Waals surface area contributed by atoms with Crippen molar-refractivity contribution in [2.24, 2.45) is 11.8 Å². The van der Waals surface area contributed by atoms with Crippen molar-refractivity contribution in [1.82, 2.24) is 10.6 Å². The van der Waals surface area contributed by atoms with Crippen molar-refractivity contribution in [3.8, 4) is 0 Å². The number of halogens is 1. The first-order valence-electron chi connectivity index (χ1n) is 9.00. The molecule has 2 atom stereocenters. The minimum absolute atomic E-state index is 0.0978. The topological polar surface area (TPSA) is 41.1 Å². The van der Waals surface area contributed by atoms with E-state index in [0.717, 1.165) is 36.5 Å². The third-order valence-electron chi connectivity index (χ3n) is 5.29. The van der Waals surface area contributed by atoms with Gasteiger partial charge < -0.3 is 10.6 Å². The van der Waals surface area contributed by atoms with Crippen LogP contribution in [0.25, 0.3) is 0 Å². The number of amides is 1. The van der Waals surface area contributed by atoms with Crippen molar-refractivity contribution < 1.29 is 4.79 Å². The zero-order chi connectivity index (χ0) is 16.1. The molecule has 3 rings (SSSR count). The van der Waals surface area contributed by atoms with Crippen LogP contribution in [0.2, 0.25) is 5.02 Å². The summed E-state index contributed by atoms with van der Waals surface area (Å²) in [4.78, 5) is 12.8. The summed E-state index contributed by atoms with van der Waals surface area (Å²) < 4.78 is 0. The molecule has 1 aliphatic heterocycles. The van der Waals surface area contributed by atoms with Gasteiger partial charge in [-0.3, -0.25) is 4.79 Å². The average Bonchev–Trinajstić information content (AvgIpc) is 2.94. The van der Waals surface area contributed by atoms with Crippen molar-refractivity contribution in [1.29, 1.82) is 0 Å². The lowest BCUT2D eigenvalue weighted by Gasteiger charge is -2.27. The Morgan fingerprint density at radius 3 is 2.74 bits per heavy atom. The Morgan fingerprint density at radius 1 is 1.17 bits per heavy atom. The second-order valence-corrected chi connectivity index (χ2v) is 7.42. The molecular weight excluding hydrogens is 308 g/mol. The van der Waals surface area contributed by atoms with Crippen LogP contribution < -0.4 is 10.6 Å². The molecule has 23 heavy (non-hydrogen) atoms. The van der Waals surface area contributed by atoms with Crippen LogP contribution in [0.5, 0.6) is 0 Å². The van der Waals surface area contributed by atoms with E-state index in [0.29, 0.717) is 5.92 Å². The quantitative estimate of drug-likeness (QED) is 0.871. The van der Waals surface area contributed by atoms with Crippen LogP contribution in [0.4, 0.5) is 0 Å². The van der Waals surface area contributed by atoms with Gasteiger partial charge in [-0.15, -0.1) is 0 Å². The average molecular weight is 335 g/mol. The third kappa shape index (κ3) is 4.48. The van der Waals surface area contributed by atoms with Crippen molar-refractivity contribution in [3.05, 3.63) is 34.9 Å². The fraction of sp³-hybridized carbons (Fsp3) is 0.632. The Hall–Kier alpha value is -1.06. The van der Waals surface area contributed by atoms with E-state index in [1.54, 1.807) is 0 Å². The Balaban J connectivity index is 1.73. The number of nitrogens with one attached hydrogen (secondary N) is 2.